The number of para-hydroxylation sites is 1. The molecule has 0 saturated heterocycles. The van der Waals surface area contributed by atoms with Crippen molar-refractivity contribution >= 4 is 21.9 Å². The number of furan rings is 1. The Balaban J connectivity index is 1.78. The SMILES string of the molecule is [2H]C([2H])([2H])C([2H])(c1ccnc(-c2cccc3c2oc2c(-c4ccccc4)c(C#N)ccc23)c1)C([2H])([2H])[2H]. The van der Waals surface area contributed by atoms with Crippen LogP contribution in [0, 0.1) is 11.3 Å². The van der Waals surface area contributed by atoms with Crippen LogP contribution in [0.3, 0.4) is 0 Å². The van der Waals surface area contributed by atoms with Crippen LogP contribution in [-0.2, 0) is 0 Å². The van der Waals surface area contributed by atoms with Gasteiger partial charge in [-0.25, -0.2) is 0 Å². The average Bonchev–Trinajstić information content (AvgIpc) is 3.25. The molecule has 0 unspecified atom stereocenters. The summed E-state index contributed by atoms with van der Waals surface area (Å²) < 4.78 is 61.8. The molecule has 0 radical (unpaired) electrons. The maximum Gasteiger partial charge on any atom is 0.144 e. The second-order valence-electron chi connectivity index (χ2n) is 6.93. The lowest BCUT2D eigenvalue weighted by Gasteiger charge is -2.07. The van der Waals surface area contributed by atoms with Crippen LogP contribution < -0.4 is 0 Å². The summed E-state index contributed by atoms with van der Waals surface area (Å²) in [6.45, 7) is -6.22. The molecule has 3 heteroatoms. The van der Waals surface area contributed by atoms with Crippen LogP contribution >= 0.6 is 0 Å². The molecule has 0 atom stereocenters. The Morgan fingerprint density at radius 2 is 1.80 bits per heavy atom. The first-order valence-corrected chi connectivity index (χ1v) is 9.38. The first-order valence-electron chi connectivity index (χ1n) is 12.9. The van der Waals surface area contributed by atoms with Crippen LogP contribution in [0.25, 0.3) is 44.3 Å². The summed E-state index contributed by atoms with van der Waals surface area (Å²) in [6.07, 6.45) is 1.30. The summed E-state index contributed by atoms with van der Waals surface area (Å²) in [6, 6.07) is 23.2. The molecule has 0 N–H and O–H groups in total. The minimum absolute atomic E-state index is 0.192. The largest absolute Gasteiger partial charge is 0.455 e. The zero-order chi connectivity index (χ0) is 26.6. The van der Waals surface area contributed by atoms with Gasteiger partial charge in [0.1, 0.15) is 11.2 Å². The van der Waals surface area contributed by atoms with E-state index in [4.69, 9.17) is 14.0 Å². The molecule has 0 saturated carbocycles. The number of hydrogen-bond donors (Lipinski definition) is 0. The highest BCUT2D eigenvalue weighted by molar-refractivity contribution is 6.13. The lowest BCUT2D eigenvalue weighted by molar-refractivity contribution is 0.670. The lowest BCUT2D eigenvalue weighted by Crippen LogP contribution is -1.90. The Bertz CT molecular complexity index is 1670. The van der Waals surface area contributed by atoms with E-state index in [-0.39, 0.29) is 11.3 Å². The Hall–Kier alpha value is -3.90. The number of aromatic nitrogens is 1. The third kappa shape index (κ3) is 2.86. The van der Waals surface area contributed by atoms with Crippen molar-refractivity contribution in [1.29, 1.82) is 5.26 Å². The van der Waals surface area contributed by atoms with Gasteiger partial charge < -0.3 is 4.42 Å². The first-order chi connectivity index (χ1) is 17.5. The van der Waals surface area contributed by atoms with Gasteiger partial charge in [0.05, 0.1) is 17.3 Å². The molecule has 0 spiro atoms. The molecular weight excluding hydrogens is 368 g/mol. The highest BCUT2D eigenvalue weighted by Gasteiger charge is 2.19. The van der Waals surface area contributed by atoms with E-state index in [9.17, 15) is 5.26 Å². The fourth-order valence-corrected chi connectivity index (χ4v) is 3.78. The van der Waals surface area contributed by atoms with Crippen LogP contribution in [0.5, 0.6) is 0 Å². The molecule has 2 aromatic heterocycles. The number of hydrogen-bond acceptors (Lipinski definition) is 3. The van der Waals surface area contributed by atoms with Crippen LogP contribution in [0.2, 0.25) is 0 Å². The molecule has 0 bridgehead atoms. The van der Waals surface area contributed by atoms with E-state index in [1.807, 2.05) is 42.5 Å². The minimum atomic E-state index is -3.11. The molecule has 144 valence electrons. The second-order valence-corrected chi connectivity index (χ2v) is 6.93. The predicted octanol–water partition coefficient (Wildman–Crippen LogP) is 7.31. The molecule has 0 amide bonds. The molecule has 30 heavy (non-hydrogen) atoms. The Labute approximate surface area is 185 Å². The number of nitrogens with zero attached hydrogens (tertiary/aromatic N) is 2. The molecular formula is C27H20N2O. The summed E-state index contributed by atoms with van der Waals surface area (Å²) in [5.41, 5.74) is 3.48. The van der Waals surface area contributed by atoms with Gasteiger partial charge >= 0.3 is 0 Å². The molecule has 3 aromatic carbocycles. The second kappa shape index (κ2) is 7.17. The maximum atomic E-state index is 9.77. The van der Waals surface area contributed by atoms with Gasteiger partial charge in [0.25, 0.3) is 0 Å². The summed E-state index contributed by atoms with van der Waals surface area (Å²) in [7, 11) is 0. The lowest BCUT2D eigenvalue weighted by atomic mass is 9.97. The Kier molecular flexibility index (Phi) is 2.85. The summed E-state index contributed by atoms with van der Waals surface area (Å²) in [5, 5.41) is 11.3. The van der Waals surface area contributed by atoms with Gasteiger partial charge in [0.15, 0.2) is 0 Å². The Morgan fingerprint density at radius 1 is 0.967 bits per heavy atom. The highest BCUT2D eigenvalue weighted by atomic mass is 16.3. The van der Waals surface area contributed by atoms with E-state index in [0.29, 0.717) is 27.9 Å². The van der Waals surface area contributed by atoms with Crippen molar-refractivity contribution in [2.75, 3.05) is 0 Å². The van der Waals surface area contributed by atoms with Crippen molar-refractivity contribution in [1.82, 2.24) is 4.98 Å². The summed E-state index contributed by atoms with van der Waals surface area (Å²) >= 11 is 0. The number of nitriles is 1. The van der Waals surface area contributed by atoms with Crippen LogP contribution in [0.4, 0.5) is 0 Å². The number of fused-ring (bicyclic) bond motifs is 3. The van der Waals surface area contributed by atoms with Crippen molar-refractivity contribution < 1.29 is 14.0 Å². The van der Waals surface area contributed by atoms with Crippen LogP contribution in [-0.4, -0.2) is 4.98 Å². The van der Waals surface area contributed by atoms with Gasteiger partial charge in [0, 0.05) is 37.7 Å². The van der Waals surface area contributed by atoms with Gasteiger partial charge in [-0.3, -0.25) is 4.98 Å². The van der Waals surface area contributed by atoms with E-state index in [2.05, 4.69) is 11.1 Å². The normalized spacial score (nSPS) is 15.9. The van der Waals surface area contributed by atoms with Crippen LogP contribution in [0.1, 0.15) is 40.3 Å². The number of pyridine rings is 1. The Morgan fingerprint density at radius 3 is 2.60 bits per heavy atom. The molecule has 5 rings (SSSR count). The average molecular weight is 396 g/mol. The van der Waals surface area contributed by atoms with Gasteiger partial charge in [-0.2, -0.15) is 5.26 Å². The number of rotatable bonds is 3. The summed E-state index contributed by atoms with van der Waals surface area (Å²) in [5.74, 6) is -2.85. The van der Waals surface area contributed by atoms with Gasteiger partial charge in [-0.15, -0.1) is 0 Å². The van der Waals surface area contributed by atoms with Crippen molar-refractivity contribution in [3.05, 3.63) is 90.1 Å². The standard InChI is InChI=1S/C27H20N2O/c1-17(2)19-13-14-29-24(15-19)23-10-6-9-21-22-12-11-20(16-28)25(27(22)30-26(21)23)18-7-4-3-5-8-18/h3-15,17H,1-2H3/i1D3,2D3,17D. The van der Waals surface area contributed by atoms with Gasteiger partial charge in [0.2, 0.25) is 0 Å². The summed E-state index contributed by atoms with van der Waals surface area (Å²) in [4.78, 5) is 4.36. The van der Waals surface area contributed by atoms with E-state index in [0.717, 1.165) is 16.3 Å². The molecule has 0 aliphatic carbocycles. The zero-order valence-electron chi connectivity index (χ0n) is 22.8. The van der Waals surface area contributed by atoms with Crippen LogP contribution in [0.15, 0.2) is 83.4 Å². The minimum Gasteiger partial charge on any atom is -0.455 e. The quantitative estimate of drug-likeness (QED) is 0.322. The van der Waals surface area contributed by atoms with Crippen molar-refractivity contribution in [3.63, 3.8) is 0 Å². The molecule has 5 aromatic rings. The molecule has 0 aliphatic rings. The van der Waals surface area contributed by atoms with Crippen molar-refractivity contribution in [2.45, 2.75) is 19.6 Å². The molecule has 2 heterocycles. The zero-order valence-corrected chi connectivity index (χ0v) is 15.8. The molecule has 0 fully saturated rings. The number of benzene rings is 3. The maximum absolute atomic E-state index is 9.77. The third-order valence-electron chi connectivity index (χ3n) is 5.17. The van der Waals surface area contributed by atoms with Gasteiger partial charge in [-0.1, -0.05) is 56.2 Å². The third-order valence-corrected chi connectivity index (χ3v) is 5.17. The monoisotopic (exact) mass is 395 g/mol. The first kappa shape index (κ1) is 11.9. The topological polar surface area (TPSA) is 49.8 Å². The predicted molar refractivity (Wildman–Crippen MR) is 121 cm³/mol. The molecule has 3 nitrogen and oxygen atoms in total. The van der Waals surface area contributed by atoms with Crippen molar-refractivity contribution in [3.8, 4) is 28.5 Å². The smallest absolute Gasteiger partial charge is 0.144 e. The molecule has 0 aliphatic heterocycles. The van der Waals surface area contributed by atoms with Crippen molar-refractivity contribution in [2.24, 2.45) is 0 Å². The van der Waals surface area contributed by atoms with Gasteiger partial charge in [-0.05, 0) is 47.4 Å². The van der Waals surface area contributed by atoms with E-state index in [1.54, 1.807) is 18.2 Å². The fraction of sp³-hybridized carbons (Fsp3) is 0.111. The fourth-order valence-electron chi connectivity index (χ4n) is 3.78. The highest BCUT2D eigenvalue weighted by Crippen LogP contribution is 2.41. The van der Waals surface area contributed by atoms with E-state index < -0.39 is 19.6 Å². The van der Waals surface area contributed by atoms with E-state index in [1.165, 1.54) is 18.3 Å². The van der Waals surface area contributed by atoms with E-state index >= 15 is 0 Å².